The van der Waals surface area contributed by atoms with Gasteiger partial charge in [-0.15, -0.1) is 24.0 Å². The van der Waals surface area contributed by atoms with Gasteiger partial charge < -0.3 is 15.4 Å². The van der Waals surface area contributed by atoms with Crippen LogP contribution in [0.5, 0.6) is 5.75 Å². The van der Waals surface area contributed by atoms with Crippen molar-refractivity contribution in [3.8, 4) is 5.75 Å². The number of ether oxygens (including phenoxy) is 1. The number of sulfonamides is 1. The van der Waals surface area contributed by atoms with Crippen molar-refractivity contribution < 1.29 is 21.9 Å². The summed E-state index contributed by atoms with van der Waals surface area (Å²) in [4.78, 5) is 4.37. The molecule has 7 nitrogen and oxygen atoms in total. The van der Waals surface area contributed by atoms with Crippen molar-refractivity contribution in [2.45, 2.75) is 33.4 Å². The lowest BCUT2D eigenvalue weighted by Crippen LogP contribution is -2.39. The summed E-state index contributed by atoms with van der Waals surface area (Å²) >= 11 is 0. The van der Waals surface area contributed by atoms with Gasteiger partial charge in [-0.05, 0) is 26.3 Å². The van der Waals surface area contributed by atoms with Gasteiger partial charge in [-0.25, -0.2) is 17.7 Å². The van der Waals surface area contributed by atoms with Gasteiger partial charge in [0.2, 0.25) is 10.0 Å². The first-order valence-electron chi connectivity index (χ1n) is 8.79. The van der Waals surface area contributed by atoms with E-state index in [-0.39, 0.29) is 42.0 Å². The van der Waals surface area contributed by atoms with Crippen LogP contribution in [0.15, 0.2) is 29.3 Å². The average molecular weight is 534 g/mol. The maximum absolute atomic E-state index is 12.5. The molecule has 0 bridgehead atoms. The summed E-state index contributed by atoms with van der Waals surface area (Å²) in [6, 6.07) is 6.50. The van der Waals surface area contributed by atoms with Gasteiger partial charge in [0.1, 0.15) is 5.75 Å². The van der Waals surface area contributed by atoms with E-state index in [1.54, 1.807) is 32.2 Å². The third-order valence-corrected chi connectivity index (χ3v) is 5.58. The fourth-order valence-corrected chi connectivity index (χ4v) is 3.07. The molecule has 0 fully saturated rings. The molecule has 0 aliphatic heterocycles. The maximum atomic E-state index is 12.5. The third kappa shape index (κ3) is 9.82. The molecular weight excluding hydrogens is 505 g/mol. The Morgan fingerprint density at radius 1 is 1.25 bits per heavy atom. The average Bonchev–Trinajstić information content (AvgIpc) is 2.63. The molecular formula is C17H29F2IN4O3S. The molecule has 0 atom stereocenters. The van der Waals surface area contributed by atoms with Gasteiger partial charge in [0, 0.05) is 32.2 Å². The Balaban J connectivity index is 0.00000729. The van der Waals surface area contributed by atoms with Crippen LogP contribution in [0.3, 0.4) is 0 Å². The van der Waals surface area contributed by atoms with E-state index < -0.39 is 16.6 Å². The van der Waals surface area contributed by atoms with Gasteiger partial charge in [0.05, 0.1) is 12.3 Å². The highest BCUT2D eigenvalue weighted by Gasteiger charge is 2.14. The monoisotopic (exact) mass is 534 g/mol. The van der Waals surface area contributed by atoms with Crippen molar-refractivity contribution in [1.82, 2.24) is 14.9 Å². The van der Waals surface area contributed by atoms with Crippen LogP contribution in [-0.4, -0.2) is 57.7 Å². The molecule has 0 radical (unpaired) electrons. The van der Waals surface area contributed by atoms with E-state index >= 15 is 0 Å². The van der Waals surface area contributed by atoms with Crippen LogP contribution in [0.2, 0.25) is 0 Å². The van der Waals surface area contributed by atoms with Crippen molar-refractivity contribution in [2.75, 3.05) is 32.4 Å². The van der Waals surface area contributed by atoms with Crippen LogP contribution in [0, 0.1) is 0 Å². The summed E-state index contributed by atoms with van der Waals surface area (Å²) < 4.78 is 54.2. The van der Waals surface area contributed by atoms with E-state index in [0.717, 1.165) is 0 Å². The van der Waals surface area contributed by atoms with Crippen molar-refractivity contribution >= 4 is 40.0 Å². The Morgan fingerprint density at radius 3 is 2.54 bits per heavy atom. The summed E-state index contributed by atoms with van der Waals surface area (Å²) in [6.45, 7) is 2.34. The van der Waals surface area contributed by atoms with Gasteiger partial charge in [-0.2, -0.15) is 8.78 Å². The Bertz CT molecular complexity index is 705. The zero-order valence-corrected chi connectivity index (χ0v) is 19.5. The van der Waals surface area contributed by atoms with Crippen LogP contribution in [0.1, 0.15) is 25.8 Å². The van der Waals surface area contributed by atoms with Crippen molar-refractivity contribution in [1.29, 1.82) is 0 Å². The molecule has 0 aromatic heterocycles. The van der Waals surface area contributed by atoms with E-state index in [9.17, 15) is 17.2 Å². The lowest BCUT2D eigenvalue weighted by molar-refractivity contribution is -0.0504. The van der Waals surface area contributed by atoms with E-state index in [2.05, 4.69) is 20.4 Å². The molecule has 0 spiro atoms. The van der Waals surface area contributed by atoms with Crippen LogP contribution in [-0.2, 0) is 16.6 Å². The fourth-order valence-electron chi connectivity index (χ4n) is 2.22. The molecule has 2 N–H and O–H groups in total. The smallest absolute Gasteiger partial charge is 0.387 e. The van der Waals surface area contributed by atoms with Crippen molar-refractivity contribution in [3.05, 3.63) is 29.8 Å². The number of rotatable bonds is 11. The zero-order valence-electron chi connectivity index (χ0n) is 16.3. The summed E-state index contributed by atoms with van der Waals surface area (Å²) in [5.74, 6) is 0.685. The van der Waals surface area contributed by atoms with E-state index in [1.165, 1.54) is 10.4 Å². The lowest BCUT2D eigenvalue weighted by Gasteiger charge is -2.17. The number of hydrogen-bond acceptors (Lipinski definition) is 4. The molecule has 1 aromatic carbocycles. The topological polar surface area (TPSA) is 83.0 Å². The second-order valence-electron chi connectivity index (χ2n) is 5.68. The third-order valence-electron chi connectivity index (χ3n) is 3.72. The van der Waals surface area contributed by atoms with Gasteiger partial charge in [0.25, 0.3) is 0 Å². The van der Waals surface area contributed by atoms with Crippen LogP contribution >= 0.6 is 24.0 Å². The number of nitrogens with zero attached hydrogens (tertiary/aromatic N) is 2. The largest absolute Gasteiger partial charge is 0.434 e. The highest BCUT2D eigenvalue weighted by Crippen LogP contribution is 2.20. The zero-order chi connectivity index (χ0) is 20.3. The van der Waals surface area contributed by atoms with Crippen LogP contribution in [0.4, 0.5) is 8.78 Å². The number of alkyl halides is 2. The molecule has 28 heavy (non-hydrogen) atoms. The molecule has 1 aromatic rings. The Kier molecular flexibility index (Phi) is 13.3. The SMILES string of the molecule is CCNC(=NCc1ccccc1OC(F)F)NCCCN(C)S(=O)(=O)CC.I. The van der Waals surface area contributed by atoms with Crippen LogP contribution < -0.4 is 15.4 Å². The molecule has 0 saturated heterocycles. The fraction of sp³-hybridized carbons (Fsp3) is 0.588. The number of guanidine groups is 1. The Morgan fingerprint density at radius 2 is 1.93 bits per heavy atom. The molecule has 0 aliphatic rings. The molecule has 0 saturated carbocycles. The number of aliphatic imine (C=N–C) groups is 1. The molecule has 0 heterocycles. The Labute approximate surface area is 183 Å². The van der Waals surface area contributed by atoms with Gasteiger partial charge in [0.15, 0.2) is 5.96 Å². The minimum absolute atomic E-state index is 0. The lowest BCUT2D eigenvalue weighted by atomic mass is 10.2. The maximum Gasteiger partial charge on any atom is 0.387 e. The van der Waals surface area contributed by atoms with Crippen molar-refractivity contribution in [2.24, 2.45) is 4.99 Å². The second kappa shape index (κ2) is 13.9. The predicted molar refractivity (Wildman–Crippen MR) is 118 cm³/mol. The normalized spacial score (nSPS) is 12.0. The number of para-hydroxylation sites is 1. The Hall–Kier alpha value is -1.21. The summed E-state index contributed by atoms with van der Waals surface area (Å²) in [6.07, 6.45) is 0.602. The minimum Gasteiger partial charge on any atom is -0.434 e. The molecule has 162 valence electrons. The predicted octanol–water partition coefficient (Wildman–Crippen LogP) is 2.63. The van der Waals surface area contributed by atoms with Crippen LogP contribution in [0.25, 0.3) is 0 Å². The van der Waals surface area contributed by atoms with Crippen molar-refractivity contribution in [3.63, 3.8) is 0 Å². The van der Waals surface area contributed by atoms with E-state index in [1.807, 2.05) is 6.92 Å². The number of nitrogens with one attached hydrogen (secondary N) is 2. The second-order valence-corrected chi connectivity index (χ2v) is 8.05. The number of hydrogen-bond donors (Lipinski definition) is 2. The van der Waals surface area contributed by atoms with E-state index in [0.29, 0.717) is 37.6 Å². The number of halogens is 3. The molecule has 11 heteroatoms. The minimum atomic E-state index is -3.19. The summed E-state index contributed by atoms with van der Waals surface area (Å²) in [5, 5.41) is 6.17. The van der Waals surface area contributed by atoms with Gasteiger partial charge in [-0.3, -0.25) is 0 Å². The molecule has 0 amide bonds. The first kappa shape index (κ1) is 26.8. The first-order valence-corrected chi connectivity index (χ1v) is 10.4. The summed E-state index contributed by atoms with van der Waals surface area (Å²) in [7, 11) is -1.63. The summed E-state index contributed by atoms with van der Waals surface area (Å²) in [5.41, 5.74) is 0.545. The van der Waals surface area contributed by atoms with E-state index in [4.69, 9.17) is 0 Å². The molecule has 1 rings (SSSR count). The highest BCUT2D eigenvalue weighted by atomic mass is 127. The molecule has 0 unspecified atom stereocenters. The highest BCUT2D eigenvalue weighted by molar-refractivity contribution is 14.0. The quantitative estimate of drug-likeness (QED) is 0.198. The first-order chi connectivity index (χ1) is 12.8. The number of benzene rings is 1. The van der Waals surface area contributed by atoms with Gasteiger partial charge in [-0.1, -0.05) is 18.2 Å². The molecule has 0 aliphatic carbocycles. The van der Waals surface area contributed by atoms with Gasteiger partial charge >= 0.3 is 6.61 Å². The standard InChI is InChI=1S/C17H28F2N4O3S.HI/c1-4-20-17(21-11-8-12-23(3)27(24,25)5-2)22-13-14-9-6-7-10-15(14)26-16(18)19;/h6-7,9-10,16H,4-5,8,11-13H2,1-3H3,(H2,20,21,22);1H.